The summed E-state index contributed by atoms with van der Waals surface area (Å²) in [5.41, 5.74) is 0.651. The van der Waals surface area contributed by atoms with Gasteiger partial charge in [0.25, 0.3) is 0 Å². The van der Waals surface area contributed by atoms with Gasteiger partial charge in [-0.05, 0) is 36.7 Å². The number of aromatic nitrogens is 3. The van der Waals surface area contributed by atoms with Crippen LogP contribution in [-0.4, -0.2) is 21.6 Å². The van der Waals surface area contributed by atoms with Crippen molar-refractivity contribution in [1.29, 1.82) is 0 Å². The van der Waals surface area contributed by atoms with Crippen LogP contribution in [0.25, 0.3) is 11.4 Å². The zero-order valence-corrected chi connectivity index (χ0v) is 11.6. The van der Waals surface area contributed by atoms with Crippen LogP contribution in [0, 0.1) is 0 Å². The largest absolute Gasteiger partial charge is 0.464 e. The van der Waals surface area contributed by atoms with Crippen LogP contribution in [-0.2, 0) is 0 Å². The molecule has 0 spiro atoms. The molecule has 0 bridgehead atoms. The highest BCUT2D eigenvalue weighted by molar-refractivity contribution is 6.35. The molecule has 4 nitrogen and oxygen atoms in total. The molecule has 7 heteroatoms. The first kappa shape index (κ1) is 13.3. The van der Waals surface area contributed by atoms with E-state index in [1.807, 2.05) is 6.92 Å². The van der Waals surface area contributed by atoms with Crippen molar-refractivity contribution in [2.24, 2.45) is 0 Å². The lowest BCUT2D eigenvalue weighted by atomic mass is 10.2. The minimum absolute atomic E-state index is 0.0551. The molecule has 18 heavy (non-hydrogen) atoms. The van der Waals surface area contributed by atoms with Gasteiger partial charge in [-0.3, -0.25) is 0 Å². The predicted octanol–water partition coefficient (Wildman–Crippen LogP) is 3.90. The molecule has 0 N–H and O–H groups in total. The van der Waals surface area contributed by atoms with Crippen molar-refractivity contribution >= 4 is 34.8 Å². The first-order valence-electron chi connectivity index (χ1n) is 5.09. The molecular weight excluding hydrogens is 296 g/mol. The third kappa shape index (κ3) is 3.22. The Kier molecular flexibility index (Phi) is 4.22. The summed E-state index contributed by atoms with van der Waals surface area (Å²) in [4.78, 5) is 12.0. The summed E-state index contributed by atoms with van der Waals surface area (Å²) in [6.07, 6.45) is 0. The predicted molar refractivity (Wildman–Crippen MR) is 71.5 cm³/mol. The highest BCUT2D eigenvalue weighted by Crippen LogP contribution is 2.26. The van der Waals surface area contributed by atoms with Crippen LogP contribution in [0.4, 0.5) is 0 Å². The lowest BCUT2D eigenvalue weighted by Gasteiger charge is -2.05. The first-order valence-corrected chi connectivity index (χ1v) is 6.22. The molecule has 0 radical (unpaired) electrons. The molecule has 1 heterocycles. The Labute approximate surface area is 119 Å². The average molecular weight is 305 g/mol. The van der Waals surface area contributed by atoms with E-state index in [9.17, 15) is 0 Å². The van der Waals surface area contributed by atoms with Gasteiger partial charge in [-0.1, -0.05) is 23.2 Å². The molecular formula is C11H8Cl3N3O. The number of hydrogen-bond acceptors (Lipinski definition) is 4. The monoisotopic (exact) mass is 303 g/mol. The minimum atomic E-state index is 0.0551. The van der Waals surface area contributed by atoms with E-state index in [1.54, 1.807) is 18.2 Å². The zero-order chi connectivity index (χ0) is 13.1. The topological polar surface area (TPSA) is 47.9 Å². The third-order valence-corrected chi connectivity index (χ3v) is 2.59. The molecule has 0 saturated carbocycles. The smallest absolute Gasteiger partial charge is 0.321 e. The fraction of sp³-hybridized carbons (Fsp3) is 0.182. The Balaban J connectivity index is 2.49. The number of rotatable bonds is 3. The fourth-order valence-electron chi connectivity index (χ4n) is 1.34. The van der Waals surface area contributed by atoms with Crippen LogP contribution in [0.2, 0.25) is 15.3 Å². The fourth-order valence-corrected chi connectivity index (χ4v) is 2.02. The van der Waals surface area contributed by atoms with E-state index in [4.69, 9.17) is 39.5 Å². The van der Waals surface area contributed by atoms with E-state index in [0.717, 1.165) is 0 Å². The van der Waals surface area contributed by atoms with Gasteiger partial charge in [0.05, 0.1) is 6.61 Å². The Morgan fingerprint density at radius 3 is 2.28 bits per heavy atom. The van der Waals surface area contributed by atoms with Crippen molar-refractivity contribution in [1.82, 2.24) is 15.0 Å². The standard InChI is InChI=1S/C11H8Cl3N3O/c1-2-18-11-16-9(15-10(14)17-11)6-3-7(12)5-8(13)4-6/h3-5H,2H2,1H3. The second-order valence-corrected chi connectivity index (χ2v) is 4.51. The molecule has 0 fully saturated rings. The van der Waals surface area contributed by atoms with E-state index in [1.165, 1.54) is 0 Å². The number of ether oxygens (including phenoxy) is 1. The van der Waals surface area contributed by atoms with Crippen LogP contribution >= 0.6 is 34.8 Å². The number of benzene rings is 1. The second-order valence-electron chi connectivity index (χ2n) is 3.30. The Morgan fingerprint density at radius 2 is 1.67 bits per heavy atom. The number of hydrogen-bond donors (Lipinski definition) is 0. The van der Waals surface area contributed by atoms with Crippen molar-refractivity contribution in [2.75, 3.05) is 6.61 Å². The summed E-state index contributed by atoms with van der Waals surface area (Å²) in [7, 11) is 0. The Bertz CT molecular complexity index is 557. The van der Waals surface area contributed by atoms with Gasteiger partial charge >= 0.3 is 6.01 Å². The van der Waals surface area contributed by atoms with Gasteiger partial charge in [-0.25, -0.2) is 0 Å². The summed E-state index contributed by atoms with van der Waals surface area (Å²) in [6, 6.07) is 5.17. The van der Waals surface area contributed by atoms with Crippen LogP contribution in [0.15, 0.2) is 18.2 Å². The maximum atomic E-state index is 5.92. The molecule has 0 unspecified atom stereocenters. The first-order chi connectivity index (χ1) is 8.58. The third-order valence-electron chi connectivity index (χ3n) is 1.98. The summed E-state index contributed by atoms with van der Waals surface area (Å²) >= 11 is 17.6. The van der Waals surface area contributed by atoms with Crippen LogP contribution in [0.3, 0.4) is 0 Å². The van der Waals surface area contributed by atoms with E-state index < -0.39 is 0 Å². The normalized spacial score (nSPS) is 10.4. The van der Waals surface area contributed by atoms with E-state index >= 15 is 0 Å². The van der Waals surface area contributed by atoms with Crippen LogP contribution in [0.1, 0.15) is 6.92 Å². The zero-order valence-electron chi connectivity index (χ0n) is 9.32. The quantitative estimate of drug-likeness (QED) is 0.863. The summed E-state index contributed by atoms with van der Waals surface area (Å²) < 4.78 is 5.20. The molecule has 0 saturated heterocycles. The molecule has 0 aliphatic heterocycles. The molecule has 2 aromatic rings. The summed E-state index contributed by atoms with van der Waals surface area (Å²) in [6.45, 7) is 2.27. The molecule has 0 atom stereocenters. The Morgan fingerprint density at radius 1 is 1.00 bits per heavy atom. The SMILES string of the molecule is CCOc1nc(Cl)nc(-c2cc(Cl)cc(Cl)c2)n1. The highest BCUT2D eigenvalue weighted by Gasteiger charge is 2.09. The van der Waals surface area contributed by atoms with Crippen molar-refractivity contribution < 1.29 is 4.74 Å². The van der Waals surface area contributed by atoms with Gasteiger partial charge in [0.15, 0.2) is 5.82 Å². The number of halogens is 3. The molecule has 2 rings (SSSR count). The molecule has 1 aromatic heterocycles. The molecule has 94 valence electrons. The molecule has 1 aromatic carbocycles. The maximum Gasteiger partial charge on any atom is 0.321 e. The van der Waals surface area contributed by atoms with E-state index in [0.29, 0.717) is 28.0 Å². The molecule has 0 aliphatic carbocycles. The highest BCUT2D eigenvalue weighted by atomic mass is 35.5. The lowest BCUT2D eigenvalue weighted by molar-refractivity contribution is 0.312. The van der Waals surface area contributed by atoms with Gasteiger partial charge in [-0.15, -0.1) is 0 Å². The molecule has 0 aliphatic rings. The van der Waals surface area contributed by atoms with Crippen molar-refractivity contribution in [3.63, 3.8) is 0 Å². The van der Waals surface area contributed by atoms with Crippen molar-refractivity contribution in [3.05, 3.63) is 33.5 Å². The van der Waals surface area contributed by atoms with Gasteiger partial charge in [-0.2, -0.15) is 15.0 Å². The van der Waals surface area contributed by atoms with Crippen LogP contribution in [0.5, 0.6) is 6.01 Å². The van der Waals surface area contributed by atoms with Crippen molar-refractivity contribution in [2.45, 2.75) is 6.92 Å². The van der Waals surface area contributed by atoms with Gasteiger partial charge in [0, 0.05) is 15.6 Å². The van der Waals surface area contributed by atoms with Crippen LogP contribution < -0.4 is 4.74 Å². The molecule has 0 amide bonds. The van der Waals surface area contributed by atoms with E-state index in [-0.39, 0.29) is 11.3 Å². The van der Waals surface area contributed by atoms with Gasteiger partial charge in [0.1, 0.15) is 0 Å². The summed E-state index contributed by atoms with van der Waals surface area (Å²) in [5.74, 6) is 0.364. The average Bonchev–Trinajstić information content (AvgIpc) is 2.27. The maximum absolute atomic E-state index is 5.92. The van der Waals surface area contributed by atoms with Crippen molar-refractivity contribution in [3.8, 4) is 17.4 Å². The summed E-state index contributed by atoms with van der Waals surface area (Å²) in [5, 5.41) is 1.04. The van der Waals surface area contributed by atoms with Gasteiger partial charge < -0.3 is 4.74 Å². The minimum Gasteiger partial charge on any atom is -0.464 e. The van der Waals surface area contributed by atoms with E-state index in [2.05, 4.69) is 15.0 Å². The second kappa shape index (κ2) is 5.69. The lowest BCUT2D eigenvalue weighted by Crippen LogP contribution is -2.01. The number of nitrogens with zero attached hydrogens (tertiary/aromatic N) is 3. The Hall–Kier alpha value is -1.10. The van der Waals surface area contributed by atoms with Gasteiger partial charge in [0.2, 0.25) is 5.28 Å².